The van der Waals surface area contributed by atoms with E-state index in [0.717, 1.165) is 23.5 Å². The van der Waals surface area contributed by atoms with Crippen LogP contribution in [0.5, 0.6) is 0 Å². The Morgan fingerprint density at radius 2 is 2.19 bits per heavy atom. The molecule has 0 saturated heterocycles. The quantitative estimate of drug-likeness (QED) is 0.672. The third-order valence-corrected chi connectivity index (χ3v) is 3.53. The summed E-state index contributed by atoms with van der Waals surface area (Å²) in [7, 11) is 0. The third-order valence-electron chi connectivity index (χ3n) is 2.77. The molecular weight excluding hydrogens is 303 g/mol. The molecule has 0 aliphatic rings. The average Bonchev–Trinajstić information content (AvgIpc) is 2.78. The van der Waals surface area contributed by atoms with Crippen molar-refractivity contribution in [1.82, 2.24) is 4.57 Å². The van der Waals surface area contributed by atoms with Crippen LogP contribution < -0.4 is 4.87 Å². The van der Waals surface area contributed by atoms with Gasteiger partial charge < -0.3 is 5.11 Å². The summed E-state index contributed by atoms with van der Waals surface area (Å²) in [5.41, 5.74) is -0.0860. The van der Waals surface area contributed by atoms with Crippen molar-refractivity contribution in [2.45, 2.75) is 13.0 Å². The molecule has 110 valence electrons. The minimum absolute atomic E-state index is 0.0574. The Balaban J connectivity index is 2.47. The zero-order chi connectivity index (χ0) is 15.6. The second-order valence-corrected chi connectivity index (χ2v) is 4.93. The third kappa shape index (κ3) is 3.14. The van der Waals surface area contributed by atoms with E-state index in [0.29, 0.717) is 5.69 Å². The Bertz CT molecular complexity index is 767. The van der Waals surface area contributed by atoms with E-state index in [1.807, 2.05) is 0 Å². The number of aliphatic carboxylic acids is 1. The van der Waals surface area contributed by atoms with E-state index in [1.54, 1.807) is 0 Å². The van der Waals surface area contributed by atoms with E-state index >= 15 is 0 Å². The molecular formula is C12H9FN2O5S. The first-order valence-corrected chi connectivity index (χ1v) is 6.62. The number of carboxylic acid groups (broad SMARTS) is 1. The number of thiazole rings is 1. The van der Waals surface area contributed by atoms with Crippen LogP contribution in [0.1, 0.15) is 6.42 Å². The van der Waals surface area contributed by atoms with Gasteiger partial charge in [-0.2, -0.15) is 4.39 Å². The highest BCUT2D eigenvalue weighted by Crippen LogP contribution is 2.26. The molecule has 0 saturated carbocycles. The van der Waals surface area contributed by atoms with E-state index in [9.17, 15) is 24.1 Å². The van der Waals surface area contributed by atoms with Crippen LogP contribution in [0.25, 0.3) is 11.3 Å². The Morgan fingerprint density at radius 1 is 1.48 bits per heavy atom. The van der Waals surface area contributed by atoms with Gasteiger partial charge in [-0.15, -0.1) is 0 Å². The van der Waals surface area contributed by atoms with Crippen LogP contribution >= 0.6 is 11.3 Å². The molecule has 21 heavy (non-hydrogen) atoms. The fourth-order valence-corrected chi connectivity index (χ4v) is 2.58. The number of nitro groups is 1. The number of hydrogen-bond donors (Lipinski definition) is 1. The summed E-state index contributed by atoms with van der Waals surface area (Å²) < 4.78 is 14.5. The van der Waals surface area contributed by atoms with Gasteiger partial charge in [-0.05, 0) is 12.1 Å². The van der Waals surface area contributed by atoms with Gasteiger partial charge in [0, 0.05) is 23.6 Å². The van der Waals surface area contributed by atoms with Crippen LogP contribution in [-0.2, 0) is 11.3 Å². The van der Waals surface area contributed by atoms with Crippen molar-refractivity contribution in [1.29, 1.82) is 0 Å². The monoisotopic (exact) mass is 312 g/mol. The number of rotatable bonds is 5. The van der Waals surface area contributed by atoms with E-state index in [1.165, 1.54) is 16.0 Å². The Kier molecular flexibility index (Phi) is 4.13. The number of aromatic nitrogens is 1. The lowest BCUT2D eigenvalue weighted by atomic mass is 10.1. The summed E-state index contributed by atoms with van der Waals surface area (Å²) in [5, 5.41) is 20.9. The topological polar surface area (TPSA) is 102 Å². The van der Waals surface area contributed by atoms with E-state index in [4.69, 9.17) is 5.11 Å². The molecule has 0 aliphatic carbocycles. The molecule has 1 N–H and O–H groups in total. The molecule has 7 nitrogen and oxygen atoms in total. The van der Waals surface area contributed by atoms with Gasteiger partial charge in [-0.1, -0.05) is 11.3 Å². The molecule has 2 aromatic rings. The van der Waals surface area contributed by atoms with Gasteiger partial charge in [-0.3, -0.25) is 24.3 Å². The van der Waals surface area contributed by atoms with Crippen LogP contribution in [-0.4, -0.2) is 20.6 Å². The number of benzene rings is 1. The molecule has 0 unspecified atom stereocenters. The van der Waals surface area contributed by atoms with Gasteiger partial charge in [0.2, 0.25) is 5.82 Å². The number of carbonyl (C=O) groups is 1. The number of carboxylic acids is 1. The molecule has 9 heteroatoms. The maximum atomic E-state index is 13.3. The smallest absolute Gasteiger partial charge is 0.307 e. The molecule has 0 spiro atoms. The van der Waals surface area contributed by atoms with Gasteiger partial charge in [0.1, 0.15) is 0 Å². The molecule has 0 atom stereocenters. The maximum Gasteiger partial charge on any atom is 0.307 e. The highest BCUT2D eigenvalue weighted by molar-refractivity contribution is 7.07. The molecule has 2 rings (SSSR count). The normalized spacial score (nSPS) is 10.5. The highest BCUT2D eigenvalue weighted by Gasteiger charge is 2.17. The van der Waals surface area contributed by atoms with Gasteiger partial charge in [-0.25, -0.2) is 0 Å². The van der Waals surface area contributed by atoms with Gasteiger partial charge in [0.25, 0.3) is 0 Å². The average molecular weight is 312 g/mol. The Labute approximate surface area is 121 Å². The van der Waals surface area contributed by atoms with Crippen molar-refractivity contribution in [2.24, 2.45) is 0 Å². The number of halogens is 1. The zero-order valence-corrected chi connectivity index (χ0v) is 11.3. The van der Waals surface area contributed by atoms with Crippen molar-refractivity contribution in [2.75, 3.05) is 0 Å². The lowest BCUT2D eigenvalue weighted by Crippen LogP contribution is -2.16. The molecule has 0 amide bonds. The van der Waals surface area contributed by atoms with Gasteiger partial charge in [0.15, 0.2) is 0 Å². The van der Waals surface area contributed by atoms with Crippen molar-refractivity contribution < 1.29 is 19.2 Å². The first-order chi connectivity index (χ1) is 9.90. The predicted octanol–water partition coefficient (Wildman–Crippen LogP) is 2.10. The summed E-state index contributed by atoms with van der Waals surface area (Å²) in [6.07, 6.45) is -0.257. The molecule has 0 radical (unpaired) electrons. The molecule has 0 bridgehead atoms. The minimum atomic E-state index is -1.07. The number of nitrogens with zero attached hydrogens (tertiary/aromatic N) is 2. The summed E-state index contributed by atoms with van der Waals surface area (Å²) in [6, 6.07) is 3.27. The fourth-order valence-electron chi connectivity index (χ4n) is 1.79. The predicted molar refractivity (Wildman–Crippen MR) is 72.9 cm³/mol. The molecule has 0 fully saturated rings. The van der Waals surface area contributed by atoms with Gasteiger partial charge in [0.05, 0.1) is 17.0 Å². The van der Waals surface area contributed by atoms with Crippen LogP contribution in [0.2, 0.25) is 0 Å². The Morgan fingerprint density at radius 3 is 2.81 bits per heavy atom. The fraction of sp³-hybridized carbons (Fsp3) is 0.167. The first-order valence-electron chi connectivity index (χ1n) is 5.74. The minimum Gasteiger partial charge on any atom is -0.481 e. The van der Waals surface area contributed by atoms with E-state index < -0.39 is 22.4 Å². The second kappa shape index (κ2) is 5.83. The van der Waals surface area contributed by atoms with Crippen LogP contribution in [0, 0.1) is 15.9 Å². The number of nitro benzene ring substituents is 1. The lowest BCUT2D eigenvalue weighted by molar-refractivity contribution is -0.387. The second-order valence-electron chi connectivity index (χ2n) is 4.11. The van der Waals surface area contributed by atoms with Crippen molar-refractivity contribution in [3.8, 4) is 11.3 Å². The van der Waals surface area contributed by atoms with Crippen molar-refractivity contribution >= 4 is 23.0 Å². The van der Waals surface area contributed by atoms with Crippen LogP contribution in [0.15, 0.2) is 28.4 Å². The van der Waals surface area contributed by atoms with Crippen LogP contribution in [0.4, 0.5) is 10.1 Å². The molecule has 0 aliphatic heterocycles. The van der Waals surface area contributed by atoms with Crippen LogP contribution in [0.3, 0.4) is 0 Å². The summed E-state index contributed by atoms with van der Waals surface area (Å²) in [5.74, 6) is -2.04. The maximum absolute atomic E-state index is 13.3. The molecule has 1 aromatic heterocycles. The van der Waals surface area contributed by atoms with E-state index in [2.05, 4.69) is 0 Å². The largest absolute Gasteiger partial charge is 0.481 e. The summed E-state index contributed by atoms with van der Waals surface area (Å²) >= 11 is 0.847. The van der Waals surface area contributed by atoms with Crippen molar-refractivity contribution in [3.63, 3.8) is 0 Å². The Hall–Kier alpha value is -2.55. The molecule has 1 heterocycles. The SMILES string of the molecule is O=C(O)CCn1c(-c2ccc(F)c([N+](=O)[O-])c2)csc1=O. The first kappa shape index (κ1) is 14.9. The summed E-state index contributed by atoms with van der Waals surface area (Å²) in [4.78, 5) is 31.8. The summed E-state index contributed by atoms with van der Waals surface area (Å²) in [6.45, 7) is -0.0574. The lowest BCUT2D eigenvalue weighted by Gasteiger charge is -2.06. The number of hydrogen-bond acceptors (Lipinski definition) is 5. The van der Waals surface area contributed by atoms with Gasteiger partial charge >= 0.3 is 16.5 Å². The van der Waals surface area contributed by atoms with E-state index in [-0.39, 0.29) is 23.4 Å². The standard InChI is InChI=1S/C12H9FN2O5S/c13-8-2-1-7(5-9(8)15(19)20)10-6-21-12(18)14(10)4-3-11(16)17/h1-2,5-6H,3-4H2,(H,16,17). The zero-order valence-electron chi connectivity index (χ0n) is 10.5. The molecule has 1 aromatic carbocycles. The van der Waals surface area contributed by atoms with Crippen molar-refractivity contribution in [3.05, 3.63) is 49.2 Å². The highest BCUT2D eigenvalue weighted by atomic mass is 32.1.